The van der Waals surface area contributed by atoms with Gasteiger partial charge >= 0.3 is 12.0 Å². The van der Waals surface area contributed by atoms with Gasteiger partial charge < -0.3 is 19.9 Å². The lowest BCUT2D eigenvalue weighted by molar-refractivity contribution is -0.137. The third-order valence-electron chi connectivity index (χ3n) is 3.81. The van der Waals surface area contributed by atoms with Gasteiger partial charge in [-0.25, -0.2) is 9.78 Å². The fourth-order valence-electron chi connectivity index (χ4n) is 2.65. The second-order valence-electron chi connectivity index (χ2n) is 5.35. The largest absolute Gasteiger partial charge is 0.481 e. The van der Waals surface area contributed by atoms with Gasteiger partial charge in [0.2, 0.25) is 0 Å². The molecule has 0 saturated carbocycles. The molecular weight excluding hydrogens is 272 g/mol. The number of nitrogens with one attached hydrogen (secondary N) is 1. The van der Waals surface area contributed by atoms with Crippen LogP contribution in [0.2, 0.25) is 0 Å². The second-order valence-corrected chi connectivity index (χ2v) is 5.35. The van der Waals surface area contributed by atoms with Crippen LogP contribution in [0.3, 0.4) is 0 Å². The number of rotatable bonds is 6. The van der Waals surface area contributed by atoms with Crippen LogP contribution >= 0.6 is 0 Å². The van der Waals surface area contributed by atoms with E-state index in [0.29, 0.717) is 13.0 Å². The monoisotopic (exact) mass is 294 g/mol. The number of aliphatic carboxylic acids is 1. The van der Waals surface area contributed by atoms with E-state index in [9.17, 15) is 9.59 Å². The molecule has 7 heteroatoms. The van der Waals surface area contributed by atoms with Crippen molar-refractivity contribution in [2.24, 2.45) is 0 Å². The van der Waals surface area contributed by atoms with Crippen LogP contribution in [0.25, 0.3) is 0 Å². The number of nitrogens with zero attached hydrogens (tertiary/aromatic N) is 3. The molecule has 0 spiro atoms. The Hall–Kier alpha value is -2.05. The summed E-state index contributed by atoms with van der Waals surface area (Å²) < 4.78 is 2.06. The van der Waals surface area contributed by atoms with Gasteiger partial charge in [0, 0.05) is 38.4 Å². The van der Waals surface area contributed by atoms with Crippen molar-refractivity contribution in [3.8, 4) is 0 Å². The number of aryl methyl sites for hydroxylation is 1. The molecule has 1 atom stereocenters. The average Bonchev–Trinajstić information content (AvgIpc) is 3.05. The van der Waals surface area contributed by atoms with Crippen molar-refractivity contribution >= 4 is 12.0 Å². The summed E-state index contributed by atoms with van der Waals surface area (Å²) in [7, 11) is 0. The summed E-state index contributed by atoms with van der Waals surface area (Å²) in [4.78, 5) is 28.6. The summed E-state index contributed by atoms with van der Waals surface area (Å²) >= 11 is 0. The molecule has 21 heavy (non-hydrogen) atoms. The molecule has 0 aromatic carbocycles. The number of hydrogen-bond acceptors (Lipinski definition) is 3. The Balaban J connectivity index is 1.82. The Morgan fingerprint density at radius 3 is 3.00 bits per heavy atom. The molecule has 1 aliphatic rings. The smallest absolute Gasteiger partial charge is 0.317 e. The molecule has 7 nitrogen and oxygen atoms in total. The molecule has 2 N–H and O–H groups in total. The van der Waals surface area contributed by atoms with Gasteiger partial charge in [0.15, 0.2) is 0 Å². The Morgan fingerprint density at radius 2 is 2.33 bits per heavy atom. The number of likely N-dealkylation sites (tertiary alicyclic amines) is 1. The molecule has 1 saturated heterocycles. The Morgan fingerprint density at radius 1 is 1.52 bits per heavy atom. The zero-order chi connectivity index (χ0) is 15.2. The zero-order valence-electron chi connectivity index (χ0n) is 12.3. The van der Waals surface area contributed by atoms with E-state index in [1.54, 1.807) is 6.20 Å². The minimum atomic E-state index is -0.834. The van der Waals surface area contributed by atoms with Gasteiger partial charge in [-0.15, -0.1) is 0 Å². The number of carboxylic acid groups (broad SMARTS) is 1. The number of aromatic nitrogens is 2. The van der Waals surface area contributed by atoms with Crippen LogP contribution in [0.5, 0.6) is 0 Å². The number of amides is 2. The van der Waals surface area contributed by atoms with Crippen LogP contribution < -0.4 is 5.32 Å². The third-order valence-corrected chi connectivity index (χ3v) is 3.81. The van der Waals surface area contributed by atoms with Gasteiger partial charge in [-0.2, -0.15) is 0 Å². The number of urea groups is 1. The van der Waals surface area contributed by atoms with Crippen LogP contribution in [-0.4, -0.2) is 50.7 Å². The van der Waals surface area contributed by atoms with E-state index in [-0.39, 0.29) is 18.5 Å². The molecule has 1 fully saturated rings. The number of imidazole rings is 1. The average molecular weight is 294 g/mol. The summed E-state index contributed by atoms with van der Waals surface area (Å²) in [5.74, 6) is 0.114. The van der Waals surface area contributed by atoms with Gasteiger partial charge in [0.1, 0.15) is 5.82 Å². The third kappa shape index (κ3) is 4.21. The highest BCUT2D eigenvalue weighted by Gasteiger charge is 2.28. The molecule has 2 rings (SSSR count). The fraction of sp³-hybridized carbons (Fsp3) is 0.643. The Kier molecular flexibility index (Phi) is 5.19. The van der Waals surface area contributed by atoms with Crippen molar-refractivity contribution in [2.45, 2.75) is 45.2 Å². The minimum absolute atomic E-state index is 0.0813. The first-order valence-corrected chi connectivity index (χ1v) is 7.32. The van der Waals surface area contributed by atoms with E-state index < -0.39 is 5.97 Å². The topological polar surface area (TPSA) is 87.5 Å². The van der Waals surface area contributed by atoms with E-state index >= 15 is 0 Å². The maximum atomic E-state index is 12.2. The SMILES string of the molecule is Cc1nccn1CC1CCCN1C(=O)NCCCC(=O)O. The van der Waals surface area contributed by atoms with Gasteiger partial charge in [-0.3, -0.25) is 4.79 Å². The van der Waals surface area contributed by atoms with Crippen molar-refractivity contribution in [3.63, 3.8) is 0 Å². The first-order valence-electron chi connectivity index (χ1n) is 7.32. The van der Waals surface area contributed by atoms with E-state index in [4.69, 9.17) is 5.11 Å². The summed E-state index contributed by atoms with van der Waals surface area (Å²) in [5, 5.41) is 11.4. The van der Waals surface area contributed by atoms with Crippen molar-refractivity contribution < 1.29 is 14.7 Å². The van der Waals surface area contributed by atoms with E-state index in [0.717, 1.165) is 31.8 Å². The quantitative estimate of drug-likeness (QED) is 0.772. The molecule has 1 aromatic heterocycles. The van der Waals surface area contributed by atoms with Crippen LogP contribution in [0.15, 0.2) is 12.4 Å². The molecule has 2 amide bonds. The van der Waals surface area contributed by atoms with Crippen molar-refractivity contribution in [3.05, 3.63) is 18.2 Å². The Labute approximate surface area is 124 Å². The maximum absolute atomic E-state index is 12.2. The molecule has 0 aliphatic carbocycles. The predicted octanol–water partition coefficient (Wildman–Crippen LogP) is 1.23. The summed E-state index contributed by atoms with van der Waals surface area (Å²) in [6.45, 7) is 3.86. The van der Waals surface area contributed by atoms with Crippen LogP contribution in [0, 0.1) is 6.92 Å². The minimum Gasteiger partial charge on any atom is -0.481 e. The number of hydrogen-bond donors (Lipinski definition) is 2. The van der Waals surface area contributed by atoms with E-state index in [2.05, 4.69) is 14.9 Å². The highest BCUT2D eigenvalue weighted by atomic mass is 16.4. The van der Waals surface area contributed by atoms with Crippen LogP contribution in [-0.2, 0) is 11.3 Å². The summed E-state index contributed by atoms with van der Waals surface area (Å²) in [6, 6.07) is 0.0815. The standard InChI is InChI=1S/C14H22N4O3/c1-11-15-7-9-17(11)10-12-4-3-8-18(12)14(21)16-6-2-5-13(19)20/h7,9,12H,2-6,8,10H2,1H3,(H,16,21)(H,19,20). The molecule has 116 valence electrons. The van der Waals surface area contributed by atoms with E-state index in [1.165, 1.54) is 0 Å². The van der Waals surface area contributed by atoms with E-state index in [1.807, 2.05) is 18.0 Å². The molecule has 0 radical (unpaired) electrons. The molecule has 1 unspecified atom stereocenters. The number of carbonyl (C=O) groups is 2. The molecule has 0 bridgehead atoms. The highest BCUT2D eigenvalue weighted by Crippen LogP contribution is 2.19. The first kappa shape index (κ1) is 15.3. The normalized spacial score (nSPS) is 18.0. The van der Waals surface area contributed by atoms with Crippen molar-refractivity contribution in [1.29, 1.82) is 0 Å². The fourth-order valence-corrected chi connectivity index (χ4v) is 2.65. The van der Waals surface area contributed by atoms with Gasteiger partial charge in [0.05, 0.1) is 6.04 Å². The van der Waals surface area contributed by atoms with Crippen molar-refractivity contribution in [1.82, 2.24) is 19.8 Å². The lowest BCUT2D eigenvalue weighted by Gasteiger charge is -2.25. The Bertz CT molecular complexity index is 500. The van der Waals surface area contributed by atoms with Crippen LogP contribution in [0.4, 0.5) is 4.79 Å². The lowest BCUT2D eigenvalue weighted by atomic mass is 10.2. The predicted molar refractivity (Wildman–Crippen MR) is 77.0 cm³/mol. The zero-order valence-corrected chi connectivity index (χ0v) is 12.3. The maximum Gasteiger partial charge on any atom is 0.317 e. The molecular formula is C14H22N4O3. The number of carboxylic acids is 1. The summed E-state index contributed by atoms with van der Waals surface area (Å²) in [5.41, 5.74) is 0. The first-order chi connectivity index (χ1) is 10.1. The van der Waals surface area contributed by atoms with Crippen molar-refractivity contribution in [2.75, 3.05) is 13.1 Å². The molecule has 1 aromatic rings. The van der Waals surface area contributed by atoms with Crippen LogP contribution in [0.1, 0.15) is 31.5 Å². The van der Waals surface area contributed by atoms with Gasteiger partial charge in [-0.05, 0) is 26.2 Å². The molecule has 2 heterocycles. The molecule has 1 aliphatic heterocycles. The number of carbonyl (C=O) groups excluding carboxylic acids is 1. The second kappa shape index (κ2) is 7.10. The van der Waals surface area contributed by atoms with Gasteiger partial charge in [-0.1, -0.05) is 0 Å². The summed E-state index contributed by atoms with van der Waals surface area (Å²) in [6.07, 6.45) is 6.22. The lowest BCUT2D eigenvalue weighted by Crippen LogP contribution is -2.44. The highest BCUT2D eigenvalue weighted by molar-refractivity contribution is 5.75. The van der Waals surface area contributed by atoms with Gasteiger partial charge in [0.25, 0.3) is 0 Å².